The van der Waals surface area contributed by atoms with Crippen LogP contribution in [-0.4, -0.2) is 0 Å². The van der Waals surface area contributed by atoms with Gasteiger partial charge in [0.2, 0.25) is 0 Å². The van der Waals surface area contributed by atoms with E-state index in [9.17, 15) is 0 Å². The van der Waals surface area contributed by atoms with Crippen molar-refractivity contribution in [3.63, 3.8) is 0 Å². The Bertz CT molecular complexity index is 3130. The topological polar surface area (TPSA) is 29.5 Å². The maximum atomic E-state index is 6.92. The van der Waals surface area contributed by atoms with E-state index < -0.39 is 0 Å². The fraction of sp³-hybridized carbons (Fsp3) is 0. The van der Waals surface area contributed by atoms with Crippen LogP contribution in [0.5, 0.6) is 0 Å². The highest BCUT2D eigenvalue weighted by atomic mass is 16.3. The SMILES string of the molecule is c1ccc(-c2ccc(N(c3ccc(-c4ccccc4)cc3)c3ccc(-c4ccccc4-c4ccc5oc6ccccc6c5c4)c4oc5ccccc5c34)cc2)cc1. The molecule has 0 fully saturated rings. The van der Waals surface area contributed by atoms with Crippen molar-refractivity contribution in [2.24, 2.45) is 0 Å². The molecule has 9 aromatic carbocycles. The Morgan fingerprint density at radius 3 is 1.44 bits per heavy atom. The molecule has 0 N–H and O–H groups in total. The van der Waals surface area contributed by atoms with Crippen LogP contribution in [0, 0.1) is 0 Å². The molecule has 0 aliphatic rings. The summed E-state index contributed by atoms with van der Waals surface area (Å²) >= 11 is 0. The highest BCUT2D eigenvalue weighted by Crippen LogP contribution is 2.48. The zero-order valence-electron chi connectivity index (χ0n) is 31.0. The van der Waals surface area contributed by atoms with Crippen molar-refractivity contribution in [3.8, 4) is 44.5 Å². The van der Waals surface area contributed by atoms with E-state index in [-0.39, 0.29) is 0 Å². The molecule has 3 heteroatoms. The van der Waals surface area contributed by atoms with Crippen molar-refractivity contribution >= 4 is 60.9 Å². The lowest BCUT2D eigenvalue weighted by Crippen LogP contribution is -2.10. The normalized spacial score (nSPS) is 11.5. The van der Waals surface area contributed by atoms with E-state index in [1.165, 1.54) is 22.3 Å². The molecule has 11 rings (SSSR count). The third-order valence-electron chi connectivity index (χ3n) is 11.1. The Balaban J connectivity index is 1.11. The van der Waals surface area contributed by atoms with Crippen LogP contribution in [0.3, 0.4) is 0 Å². The molecule has 3 nitrogen and oxygen atoms in total. The molecule has 0 unspecified atom stereocenters. The summed E-state index contributed by atoms with van der Waals surface area (Å²) in [6.45, 7) is 0. The van der Waals surface area contributed by atoms with E-state index in [2.05, 4.69) is 199 Å². The number of furan rings is 2. The van der Waals surface area contributed by atoms with Gasteiger partial charge in [0.25, 0.3) is 0 Å². The Hall–Kier alpha value is -7.62. The van der Waals surface area contributed by atoms with Crippen molar-refractivity contribution in [3.05, 3.63) is 212 Å². The summed E-state index contributed by atoms with van der Waals surface area (Å²) in [6, 6.07) is 75.1. The zero-order chi connectivity index (χ0) is 37.7. The maximum Gasteiger partial charge on any atom is 0.145 e. The standard InChI is InChI=1S/C54H35NO2/c1-3-13-36(14-4-1)38-23-28-41(29-24-38)55(42-30-25-39(26-31-42)37-15-5-2-6-16-37)49-33-32-46(54-53(49)47-20-10-12-22-51(47)57-54)44-18-8-7-17-43(44)40-27-34-52-48(35-40)45-19-9-11-21-50(45)56-52/h1-35H. The molecule has 0 aliphatic heterocycles. The Morgan fingerprint density at radius 2 is 0.789 bits per heavy atom. The van der Waals surface area contributed by atoms with Gasteiger partial charge in [0, 0.05) is 33.1 Å². The highest BCUT2D eigenvalue weighted by molar-refractivity contribution is 6.18. The van der Waals surface area contributed by atoms with Crippen LogP contribution in [-0.2, 0) is 0 Å². The average molecular weight is 730 g/mol. The smallest absolute Gasteiger partial charge is 0.145 e. The fourth-order valence-electron chi connectivity index (χ4n) is 8.37. The van der Waals surface area contributed by atoms with E-state index in [0.717, 1.165) is 83.2 Å². The van der Waals surface area contributed by atoms with Crippen LogP contribution >= 0.6 is 0 Å². The van der Waals surface area contributed by atoms with E-state index in [0.29, 0.717) is 0 Å². The number of benzene rings is 9. The molecule has 268 valence electrons. The summed E-state index contributed by atoms with van der Waals surface area (Å²) in [5, 5.41) is 4.35. The molecule has 0 amide bonds. The molecule has 0 saturated carbocycles. The lowest BCUT2D eigenvalue weighted by atomic mass is 9.92. The van der Waals surface area contributed by atoms with Crippen molar-refractivity contribution in [1.82, 2.24) is 0 Å². The van der Waals surface area contributed by atoms with Crippen molar-refractivity contribution in [2.45, 2.75) is 0 Å². The molecule has 57 heavy (non-hydrogen) atoms. The van der Waals surface area contributed by atoms with Gasteiger partial charge in [-0.05, 0) is 99.6 Å². The first-order chi connectivity index (χ1) is 28.3. The minimum absolute atomic E-state index is 0.850. The summed E-state index contributed by atoms with van der Waals surface area (Å²) in [6.07, 6.45) is 0. The molecule has 2 heterocycles. The molecular formula is C54H35NO2. The summed E-state index contributed by atoms with van der Waals surface area (Å²) in [7, 11) is 0. The Morgan fingerprint density at radius 1 is 0.298 bits per heavy atom. The summed E-state index contributed by atoms with van der Waals surface area (Å²) < 4.78 is 13.1. The van der Waals surface area contributed by atoms with Gasteiger partial charge in [-0.2, -0.15) is 0 Å². The van der Waals surface area contributed by atoms with Crippen molar-refractivity contribution < 1.29 is 8.83 Å². The van der Waals surface area contributed by atoms with Crippen LogP contribution in [0.1, 0.15) is 0 Å². The molecular weight excluding hydrogens is 695 g/mol. The lowest BCUT2D eigenvalue weighted by Gasteiger charge is -2.27. The van der Waals surface area contributed by atoms with Crippen LogP contribution < -0.4 is 4.90 Å². The Labute approximate surface area is 330 Å². The van der Waals surface area contributed by atoms with Crippen LogP contribution in [0.15, 0.2) is 221 Å². The predicted octanol–water partition coefficient (Wildman–Crippen LogP) is 15.6. The molecule has 0 atom stereocenters. The molecule has 0 saturated heterocycles. The predicted molar refractivity (Wildman–Crippen MR) is 237 cm³/mol. The lowest BCUT2D eigenvalue weighted by molar-refractivity contribution is 0.669. The minimum Gasteiger partial charge on any atom is -0.456 e. The third-order valence-corrected chi connectivity index (χ3v) is 11.1. The van der Waals surface area contributed by atoms with Crippen molar-refractivity contribution in [2.75, 3.05) is 4.90 Å². The number of rotatable bonds is 7. The maximum absolute atomic E-state index is 6.92. The van der Waals surface area contributed by atoms with E-state index in [1.807, 2.05) is 18.2 Å². The Kier molecular flexibility index (Phi) is 7.82. The number of hydrogen-bond donors (Lipinski definition) is 0. The molecule has 0 radical (unpaired) electrons. The number of nitrogens with zero attached hydrogens (tertiary/aromatic N) is 1. The summed E-state index contributed by atoms with van der Waals surface area (Å²) in [5.41, 5.74) is 15.8. The average Bonchev–Trinajstić information content (AvgIpc) is 3.87. The monoisotopic (exact) mass is 729 g/mol. The number of hydrogen-bond acceptors (Lipinski definition) is 3. The van der Waals surface area contributed by atoms with Gasteiger partial charge >= 0.3 is 0 Å². The summed E-state index contributed by atoms with van der Waals surface area (Å²) in [5.74, 6) is 0. The zero-order valence-corrected chi connectivity index (χ0v) is 31.0. The van der Waals surface area contributed by atoms with Gasteiger partial charge in [-0.15, -0.1) is 0 Å². The number of anilines is 3. The van der Waals surface area contributed by atoms with Gasteiger partial charge in [-0.3, -0.25) is 0 Å². The van der Waals surface area contributed by atoms with E-state index in [4.69, 9.17) is 8.83 Å². The molecule has 0 aliphatic carbocycles. The van der Waals surface area contributed by atoms with Crippen molar-refractivity contribution in [1.29, 1.82) is 0 Å². The van der Waals surface area contributed by atoms with Crippen LogP contribution in [0.25, 0.3) is 88.4 Å². The second kappa shape index (κ2) is 13.6. The molecule has 11 aromatic rings. The van der Waals surface area contributed by atoms with E-state index >= 15 is 0 Å². The number of para-hydroxylation sites is 2. The van der Waals surface area contributed by atoms with Gasteiger partial charge < -0.3 is 13.7 Å². The van der Waals surface area contributed by atoms with Gasteiger partial charge in [0.1, 0.15) is 22.3 Å². The first-order valence-electron chi connectivity index (χ1n) is 19.3. The second-order valence-electron chi connectivity index (χ2n) is 14.5. The molecule has 0 spiro atoms. The third kappa shape index (κ3) is 5.68. The first-order valence-corrected chi connectivity index (χ1v) is 19.3. The molecule has 0 bridgehead atoms. The van der Waals surface area contributed by atoms with Gasteiger partial charge in [-0.1, -0.05) is 152 Å². The largest absolute Gasteiger partial charge is 0.456 e. The first kappa shape index (κ1) is 32.8. The minimum atomic E-state index is 0.850. The molecule has 2 aromatic heterocycles. The van der Waals surface area contributed by atoms with E-state index in [1.54, 1.807) is 0 Å². The highest BCUT2D eigenvalue weighted by Gasteiger charge is 2.23. The van der Waals surface area contributed by atoms with Gasteiger partial charge in [-0.25, -0.2) is 0 Å². The van der Waals surface area contributed by atoms with Gasteiger partial charge in [0.05, 0.1) is 11.1 Å². The van der Waals surface area contributed by atoms with Crippen LogP contribution in [0.4, 0.5) is 17.1 Å². The summed E-state index contributed by atoms with van der Waals surface area (Å²) in [4.78, 5) is 2.36. The number of fused-ring (bicyclic) bond motifs is 6. The van der Waals surface area contributed by atoms with Gasteiger partial charge in [0.15, 0.2) is 0 Å². The quantitative estimate of drug-likeness (QED) is 0.164. The van der Waals surface area contributed by atoms with Crippen LogP contribution in [0.2, 0.25) is 0 Å². The fourth-order valence-corrected chi connectivity index (χ4v) is 8.37. The second-order valence-corrected chi connectivity index (χ2v) is 14.5.